The summed E-state index contributed by atoms with van der Waals surface area (Å²) in [5.74, 6) is 0.467. The van der Waals surface area contributed by atoms with E-state index in [2.05, 4.69) is 29.9 Å². The van der Waals surface area contributed by atoms with Crippen LogP contribution in [0.25, 0.3) is 26.7 Å². The number of halogens is 1. The Labute approximate surface area is 173 Å². The third-order valence-corrected chi connectivity index (χ3v) is 6.68. The van der Waals surface area contributed by atoms with Gasteiger partial charge in [0.05, 0.1) is 21.3 Å². The van der Waals surface area contributed by atoms with Crippen molar-refractivity contribution >= 4 is 28.6 Å². The first-order valence-corrected chi connectivity index (χ1v) is 10.6. The highest BCUT2D eigenvalue weighted by Gasteiger charge is 2.22. The Morgan fingerprint density at radius 1 is 1.11 bits per heavy atom. The Kier molecular flexibility index (Phi) is 5.17. The molecule has 0 amide bonds. The fourth-order valence-electron chi connectivity index (χ4n) is 3.67. The van der Waals surface area contributed by atoms with Gasteiger partial charge < -0.3 is 0 Å². The largest absolute Gasteiger partial charge is 0.244 e. The van der Waals surface area contributed by atoms with Gasteiger partial charge in [-0.2, -0.15) is 5.10 Å². The summed E-state index contributed by atoms with van der Waals surface area (Å²) in [5.41, 5.74) is 6.03. The van der Waals surface area contributed by atoms with Crippen LogP contribution < -0.4 is 0 Å². The zero-order chi connectivity index (χ0) is 19.8. The number of thiophene rings is 1. The summed E-state index contributed by atoms with van der Waals surface area (Å²) in [6, 6.07) is 4.14. The van der Waals surface area contributed by atoms with Crippen molar-refractivity contribution in [3.8, 4) is 21.0 Å². The predicted octanol–water partition coefficient (Wildman–Crippen LogP) is 6.09. The molecule has 0 N–H and O–H groups in total. The standard InChI is InChI=1S/C21H22ClN5S/c1-5-14(6-2)16-7-12(3)26-27-19(13(4)25-21(16)27)20-17(22)8-18(28-20)15-9-23-11-24-10-15/h7-11,14H,5-6H2,1-4H3. The lowest BCUT2D eigenvalue weighted by atomic mass is 9.95. The quantitative estimate of drug-likeness (QED) is 0.398. The molecule has 4 aromatic heterocycles. The molecule has 4 rings (SSSR count). The van der Waals surface area contributed by atoms with Gasteiger partial charge in [-0.1, -0.05) is 25.4 Å². The second kappa shape index (κ2) is 7.60. The first-order valence-electron chi connectivity index (χ1n) is 9.45. The highest BCUT2D eigenvalue weighted by atomic mass is 35.5. The summed E-state index contributed by atoms with van der Waals surface area (Å²) >= 11 is 8.27. The van der Waals surface area contributed by atoms with Crippen molar-refractivity contribution in [2.75, 3.05) is 0 Å². The van der Waals surface area contributed by atoms with Crippen LogP contribution in [-0.2, 0) is 0 Å². The minimum Gasteiger partial charge on any atom is -0.244 e. The smallest absolute Gasteiger partial charge is 0.158 e. The third kappa shape index (κ3) is 3.20. The molecule has 0 radical (unpaired) electrons. The molecule has 0 aliphatic carbocycles. The molecular weight excluding hydrogens is 390 g/mol. The normalized spacial score (nSPS) is 11.6. The Morgan fingerprint density at radius 3 is 2.50 bits per heavy atom. The monoisotopic (exact) mass is 411 g/mol. The number of hydrogen-bond donors (Lipinski definition) is 0. The van der Waals surface area contributed by atoms with Crippen LogP contribution in [0.5, 0.6) is 0 Å². The van der Waals surface area contributed by atoms with E-state index in [4.69, 9.17) is 21.7 Å². The molecule has 0 fully saturated rings. The molecule has 0 aliphatic heterocycles. The SMILES string of the molecule is CCC(CC)c1cc(C)nn2c(-c3sc(-c4cncnc4)cc3Cl)c(C)nc12. The zero-order valence-corrected chi connectivity index (χ0v) is 18.0. The maximum Gasteiger partial charge on any atom is 0.158 e. The van der Waals surface area contributed by atoms with E-state index in [-0.39, 0.29) is 0 Å². The molecule has 5 nitrogen and oxygen atoms in total. The van der Waals surface area contributed by atoms with Gasteiger partial charge in [-0.3, -0.25) is 0 Å². The summed E-state index contributed by atoms with van der Waals surface area (Å²) in [4.78, 5) is 15.1. The van der Waals surface area contributed by atoms with E-state index in [1.54, 1.807) is 23.7 Å². The van der Waals surface area contributed by atoms with E-state index < -0.39 is 0 Å². The van der Waals surface area contributed by atoms with Gasteiger partial charge in [0.1, 0.15) is 12.0 Å². The molecule has 0 unspecified atom stereocenters. The van der Waals surface area contributed by atoms with Gasteiger partial charge in [0.2, 0.25) is 0 Å². The second-order valence-electron chi connectivity index (χ2n) is 6.95. The lowest BCUT2D eigenvalue weighted by Gasteiger charge is -2.14. The van der Waals surface area contributed by atoms with Crippen molar-refractivity contribution in [3.63, 3.8) is 0 Å². The summed E-state index contributed by atoms with van der Waals surface area (Å²) in [6.45, 7) is 8.51. The second-order valence-corrected chi connectivity index (χ2v) is 8.41. The lowest BCUT2D eigenvalue weighted by molar-refractivity contribution is 0.638. The zero-order valence-electron chi connectivity index (χ0n) is 16.4. The van der Waals surface area contributed by atoms with Gasteiger partial charge in [-0.05, 0) is 44.7 Å². The van der Waals surface area contributed by atoms with Crippen LogP contribution in [0.1, 0.15) is 49.6 Å². The van der Waals surface area contributed by atoms with E-state index >= 15 is 0 Å². The molecular formula is C21H22ClN5S. The van der Waals surface area contributed by atoms with Gasteiger partial charge in [-0.15, -0.1) is 11.3 Å². The molecule has 0 saturated heterocycles. The number of rotatable bonds is 5. The Balaban J connectivity index is 1.93. The van der Waals surface area contributed by atoms with E-state index in [1.807, 2.05) is 24.4 Å². The number of imidazole rings is 1. The van der Waals surface area contributed by atoms with Crippen LogP contribution >= 0.6 is 22.9 Å². The molecule has 0 bridgehead atoms. The number of aryl methyl sites for hydroxylation is 2. The van der Waals surface area contributed by atoms with Gasteiger partial charge >= 0.3 is 0 Å². The Hall–Kier alpha value is -2.31. The van der Waals surface area contributed by atoms with Crippen molar-refractivity contribution in [2.24, 2.45) is 0 Å². The van der Waals surface area contributed by atoms with Gasteiger partial charge in [0, 0.05) is 28.4 Å². The van der Waals surface area contributed by atoms with Crippen LogP contribution in [0.4, 0.5) is 0 Å². The summed E-state index contributed by atoms with van der Waals surface area (Å²) < 4.78 is 1.97. The van der Waals surface area contributed by atoms with Crippen molar-refractivity contribution in [3.05, 3.63) is 52.8 Å². The highest BCUT2D eigenvalue weighted by Crippen LogP contribution is 2.42. The maximum atomic E-state index is 6.66. The van der Waals surface area contributed by atoms with E-state index in [0.29, 0.717) is 10.9 Å². The summed E-state index contributed by atoms with van der Waals surface area (Å²) in [7, 11) is 0. The minimum absolute atomic E-state index is 0.467. The highest BCUT2D eigenvalue weighted by molar-refractivity contribution is 7.19. The molecule has 0 atom stereocenters. The number of fused-ring (bicyclic) bond motifs is 1. The van der Waals surface area contributed by atoms with E-state index in [9.17, 15) is 0 Å². The van der Waals surface area contributed by atoms with Gasteiger partial charge in [-0.25, -0.2) is 19.5 Å². The lowest BCUT2D eigenvalue weighted by Crippen LogP contribution is -2.04. The Morgan fingerprint density at radius 2 is 1.82 bits per heavy atom. The van der Waals surface area contributed by atoms with E-state index in [1.165, 1.54) is 11.9 Å². The summed E-state index contributed by atoms with van der Waals surface area (Å²) in [6.07, 6.45) is 7.28. The Bertz CT molecular complexity index is 1130. The van der Waals surface area contributed by atoms with Crippen LogP contribution in [0.15, 0.2) is 30.9 Å². The molecule has 144 valence electrons. The van der Waals surface area contributed by atoms with Crippen molar-refractivity contribution in [1.29, 1.82) is 0 Å². The van der Waals surface area contributed by atoms with Crippen molar-refractivity contribution < 1.29 is 0 Å². The first kappa shape index (κ1) is 19.0. The molecule has 0 aromatic carbocycles. The first-order chi connectivity index (χ1) is 13.5. The minimum atomic E-state index is 0.467. The number of hydrogen-bond acceptors (Lipinski definition) is 5. The van der Waals surface area contributed by atoms with Crippen LogP contribution in [0.3, 0.4) is 0 Å². The fraction of sp³-hybridized carbons (Fsp3) is 0.333. The molecule has 0 spiro atoms. The fourth-order valence-corrected chi connectivity index (χ4v) is 5.15. The predicted molar refractivity (Wildman–Crippen MR) is 115 cm³/mol. The van der Waals surface area contributed by atoms with Crippen LogP contribution in [-0.4, -0.2) is 24.6 Å². The van der Waals surface area contributed by atoms with Crippen LogP contribution in [0.2, 0.25) is 5.02 Å². The average molecular weight is 412 g/mol. The average Bonchev–Trinajstić information content (AvgIpc) is 3.22. The van der Waals surface area contributed by atoms with Crippen LogP contribution in [0, 0.1) is 13.8 Å². The molecule has 0 saturated carbocycles. The number of aromatic nitrogens is 5. The molecule has 28 heavy (non-hydrogen) atoms. The molecule has 4 heterocycles. The molecule has 4 aromatic rings. The molecule has 0 aliphatic rings. The van der Waals surface area contributed by atoms with Gasteiger partial charge in [0.15, 0.2) is 5.65 Å². The topological polar surface area (TPSA) is 56.0 Å². The summed E-state index contributed by atoms with van der Waals surface area (Å²) in [5, 5.41) is 5.48. The van der Waals surface area contributed by atoms with Crippen molar-refractivity contribution in [1.82, 2.24) is 24.6 Å². The van der Waals surface area contributed by atoms with Gasteiger partial charge in [0.25, 0.3) is 0 Å². The third-order valence-electron chi connectivity index (χ3n) is 5.08. The number of nitrogens with zero attached hydrogens (tertiary/aromatic N) is 5. The maximum absolute atomic E-state index is 6.66. The van der Waals surface area contributed by atoms with Crippen molar-refractivity contribution in [2.45, 2.75) is 46.5 Å². The molecule has 7 heteroatoms. The van der Waals surface area contributed by atoms with E-state index in [0.717, 1.165) is 50.9 Å².